The zero-order valence-corrected chi connectivity index (χ0v) is 18.8. The summed E-state index contributed by atoms with van der Waals surface area (Å²) in [5.74, 6) is 0.744. The van der Waals surface area contributed by atoms with E-state index in [1.165, 1.54) is 16.9 Å². The molecule has 2 aromatic carbocycles. The van der Waals surface area contributed by atoms with Gasteiger partial charge in [-0.3, -0.25) is 4.79 Å². The number of benzene rings is 2. The van der Waals surface area contributed by atoms with Crippen LogP contribution in [0.3, 0.4) is 0 Å². The minimum absolute atomic E-state index is 0.0659. The summed E-state index contributed by atoms with van der Waals surface area (Å²) in [4.78, 5) is 19.5. The molecule has 0 saturated heterocycles. The highest BCUT2D eigenvalue weighted by molar-refractivity contribution is 9.10. The van der Waals surface area contributed by atoms with Gasteiger partial charge in [0.05, 0.1) is 12.8 Å². The first-order chi connectivity index (χ1) is 14.6. The average molecular weight is 479 g/mol. The van der Waals surface area contributed by atoms with E-state index in [2.05, 4.69) is 28.1 Å². The topological polar surface area (TPSA) is 65.2 Å². The zero-order valence-electron chi connectivity index (χ0n) is 16.4. The van der Waals surface area contributed by atoms with Gasteiger partial charge in [-0.1, -0.05) is 28.1 Å². The molecule has 0 atom stereocenters. The molecule has 0 amide bonds. The van der Waals surface area contributed by atoms with Crippen LogP contribution in [0.4, 0.5) is 5.69 Å². The maximum Gasteiger partial charge on any atom is 0.205 e. The number of nitrogens with zero attached hydrogens (tertiary/aromatic N) is 1. The Bertz CT molecular complexity index is 1280. The molecule has 0 saturated carbocycles. The number of methoxy groups -OCH3 is 1. The second-order valence-corrected chi connectivity index (χ2v) is 9.27. The van der Waals surface area contributed by atoms with Gasteiger partial charge in [0, 0.05) is 21.1 Å². The van der Waals surface area contributed by atoms with Crippen molar-refractivity contribution in [3.63, 3.8) is 0 Å². The Kier molecular flexibility index (Phi) is 4.83. The number of ether oxygens (including phenoxy) is 1. The van der Waals surface area contributed by atoms with Crippen LogP contribution in [-0.4, -0.2) is 17.9 Å². The molecule has 2 N–H and O–H groups in total. The number of pyridine rings is 1. The highest BCUT2D eigenvalue weighted by Crippen LogP contribution is 2.45. The molecule has 0 unspecified atom stereocenters. The maximum absolute atomic E-state index is 13.2. The number of carbonyl (C=O) groups is 1. The quantitative estimate of drug-likeness (QED) is 0.363. The Hall–Kier alpha value is -2.70. The SMILES string of the molecule is COc1ccc(-c2c3c(nc4sc(C(=O)c5ccc(Br)cc5)c(N)c24)CCC3)cc1. The van der Waals surface area contributed by atoms with Gasteiger partial charge in [-0.25, -0.2) is 4.98 Å². The number of aryl methyl sites for hydroxylation is 1. The number of aromatic nitrogens is 1. The molecule has 30 heavy (non-hydrogen) atoms. The number of rotatable bonds is 4. The van der Waals surface area contributed by atoms with Crippen molar-refractivity contribution >= 4 is 49.0 Å². The summed E-state index contributed by atoms with van der Waals surface area (Å²) < 4.78 is 6.25. The van der Waals surface area contributed by atoms with E-state index in [4.69, 9.17) is 15.5 Å². The number of hydrogen-bond acceptors (Lipinski definition) is 5. The van der Waals surface area contributed by atoms with Gasteiger partial charge in [0.1, 0.15) is 15.5 Å². The Labute approximate surface area is 186 Å². The van der Waals surface area contributed by atoms with E-state index in [0.717, 1.165) is 56.5 Å². The van der Waals surface area contributed by atoms with Crippen molar-refractivity contribution in [2.24, 2.45) is 0 Å². The molecule has 0 fully saturated rings. The van der Waals surface area contributed by atoms with E-state index in [9.17, 15) is 4.79 Å². The molecule has 6 heteroatoms. The van der Waals surface area contributed by atoms with E-state index in [1.807, 2.05) is 36.4 Å². The molecule has 5 rings (SSSR count). The Morgan fingerprint density at radius 1 is 1.10 bits per heavy atom. The summed E-state index contributed by atoms with van der Waals surface area (Å²) in [7, 11) is 1.66. The van der Waals surface area contributed by atoms with Crippen molar-refractivity contribution in [2.75, 3.05) is 12.8 Å². The number of carbonyl (C=O) groups excluding carboxylic acids is 1. The number of anilines is 1. The lowest BCUT2D eigenvalue weighted by molar-refractivity contribution is 0.104. The fourth-order valence-electron chi connectivity index (χ4n) is 4.12. The van der Waals surface area contributed by atoms with Crippen molar-refractivity contribution < 1.29 is 9.53 Å². The van der Waals surface area contributed by atoms with Gasteiger partial charge in [0.25, 0.3) is 0 Å². The molecule has 2 aromatic heterocycles. The van der Waals surface area contributed by atoms with Crippen molar-refractivity contribution in [3.05, 3.63) is 74.7 Å². The third-order valence-electron chi connectivity index (χ3n) is 5.59. The molecule has 0 radical (unpaired) electrons. The van der Waals surface area contributed by atoms with Gasteiger partial charge in [-0.15, -0.1) is 11.3 Å². The molecule has 0 spiro atoms. The number of thiophene rings is 1. The van der Waals surface area contributed by atoms with Gasteiger partial charge in [0.2, 0.25) is 5.78 Å². The van der Waals surface area contributed by atoms with Crippen LogP contribution in [0.2, 0.25) is 0 Å². The van der Waals surface area contributed by atoms with E-state index >= 15 is 0 Å². The Balaban J connectivity index is 1.73. The first-order valence-corrected chi connectivity index (χ1v) is 11.4. The molecule has 0 bridgehead atoms. The van der Waals surface area contributed by atoms with E-state index in [1.54, 1.807) is 7.11 Å². The molecule has 1 aliphatic rings. The number of hydrogen-bond donors (Lipinski definition) is 1. The summed E-state index contributed by atoms with van der Waals surface area (Å²) in [6.07, 6.45) is 3.03. The second-order valence-electron chi connectivity index (χ2n) is 7.36. The third kappa shape index (κ3) is 3.11. The summed E-state index contributed by atoms with van der Waals surface area (Å²) in [6.45, 7) is 0. The normalized spacial score (nSPS) is 12.9. The zero-order chi connectivity index (χ0) is 20.8. The van der Waals surface area contributed by atoms with E-state index < -0.39 is 0 Å². The van der Waals surface area contributed by atoms with Crippen LogP contribution in [-0.2, 0) is 12.8 Å². The standard InChI is InChI=1S/C24H19BrN2O2S/c1-29-16-11-7-13(8-12-16)19-17-3-2-4-18(17)27-24-20(19)21(26)23(30-24)22(28)14-5-9-15(25)10-6-14/h5-12H,2-4,26H2,1H3. The van der Waals surface area contributed by atoms with Gasteiger partial charge < -0.3 is 10.5 Å². The lowest BCUT2D eigenvalue weighted by Crippen LogP contribution is -2.02. The molecule has 2 heterocycles. The predicted octanol–water partition coefficient (Wildman–Crippen LogP) is 6.04. The van der Waals surface area contributed by atoms with Gasteiger partial charge >= 0.3 is 0 Å². The largest absolute Gasteiger partial charge is 0.497 e. The Morgan fingerprint density at radius 3 is 2.53 bits per heavy atom. The number of fused-ring (bicyclic) bond motifs is 2. The van der Waals surface area contributed by atoms with Crippen molar-refractivity contribution in [3.8, 4) is 16.9 Å². The summed E-state index contributed by atoms with van der Waals surface area (Å²) >= 11 is 4.81. The molecular weight excluding hydrogens is 460 g/mol. The van der Waals surface area contributed by atoms with Crippen molar-refractivity contribution in [1.82, 2.24) is 4.98 Å². The molecule has 0 aliphatic heterocycles. The average Bonchev–Trinajstić information content (AvgIpc) is 3.37. The fourth-order valence-corrected chi connectivity index (χ4v) is 5.47. The smallest absolute Gasteiger partial charge is 0.205 e. The second kappa shape index (κ2) is 7.52. The summed E-state index contributed by atoms with van der Waals surface area (Å²) in [6, 6.07) is 15.4. The number of halogens is 1. The minimum atomic E-state index is -0.0659. The molecule has 4 nitrogen and oxygen atoms in total. The molecule has 4 aromatic rings. The number of ketones is 1. The van der Waals surface area contributed by atoms with Gasteiger partial charge in [-0.2, -0.15) is 0 Å². The Morgan fingerprint density at radius 2 is 1.83 bits per heavy atom. The van der Waals surface area contributed by atoms with Crippen LogP contribution < -0.4 is 10.5 Å². The van der Waals surface area contributed by atoms with Crippen LogP contribution in [0.1, 0.15) is 32.9 Å². The van der Waals surface area contributed by atoms with Gasteiger partial charge in [0.15, 0.2) is 0 Å². The predicted molar refractivity (Wildman–Crippen MR) is 126 cm³/mol. The highest BCUT2D eigenvalue weighted by Gasteiger charge is 2.27. The van der Waals surface area contributed by atoms with Crippen LogP contribution in [0, 0.1) is 0 Å². The van der Waals surface area contributed by atoms with Crippen molar-refractivity contribution in [2.45, 2.75) is 19.3 Å². The summed E-state index contributed by atoms with van der Waals surface area (Å²) in [5, 5.41) is 0.895. The summed E-state index contributed by atoms with van der Waals surface area (Å²) in [5.41, 5.74) is 12.3. The highest BCUT2D eigenvalue weighted by atomic mass is 79.9. The third-order valence-corrected chi connectivity index (χ3v) is 7.22. The fraction of sp³-hybridized carbons (Fsp3) is 0.167. The number of nitrogens with two attached hydrogens (primary N) is 1. The molecular formula is C24H19BrN2O2S. The monoisotopic (exact) mass is 478 g/mol. The first kappa shape index (κ1) is 19.3. The van der Waals surface area contributed by atoms with Gasteiger partial charge in [-0.05, 0) is 72.4 Å². The lowest BCUT2D eigenvalue weighted by atomic mass is 9.95. The first-order valence-electron chi connectivity index (χ1n) is 9.75. The van der Waals surface area contributed by atoms with Crippen LogP contribution in [0.15, 0.2) is 53.0 Å². The van der Waals surface area contributed by atoms with Crippen LogP contribution in [0.25, 0.3) is 21.3 Å². The van der Waals surface area contributed by atoms with Crippen LogP contribution in [0.5, 0.6) is 5.75 Å². The molecule has 150 valence electrons. The van der Waals surface area contributed by atoms with E-state index in [0.29, 0.717) is 16.1 Å². The van der Waals surface area contributed by atoms with Crippen molar-refractivity contribution in [1.29, 1.82) is 0 Å². The van der Waals surface area contributed by atoms with Crippen LogP contribution >= 0.6 is 27.3 Å². The number of nitrogen functional groups attached to an aromatic ring is 1. The minimum Gasteiger partial charge on any atom is -0.497 e. The maximum atomic E-state index is 13.2. The molecule has 1 aliphatic carbocycles. The van der Waals surface area contributed by atoms with E-state index in [-0.39, 0.29) is 5.78 Å². The lowest BCUT2D eigenvalue weighted by Gasteiger charge is -2.12.